The summed E-state index contributed by atoms with van der Waals surface area (Å²) in [5.41, 5.74) is 4.76. The Morgan fingerprint density at radius 3 is 2.26 bits per heavy atom. The number of likely N-dealkylation sites (tertiary alicyclic amines) is 1. The van der Waals surface area contributed by atoms with Gasteiger partial charge in [-0.25, -0.2) is 0 Å². The van der Waals surface area contributed by atoms with Crippen molar-refractivity contribution in [2.75, 3.05) is 24.5 Å². The van der Waals surface area contributed by atoms with Crippen LogP contribution in [0.2, 0.25) is 0 Å². The van der Waals surface area contributed by atoms with Crippen LogP contribution in [0.4, 0.5) is 5.69 Å². The maximum atomic E-state index is 12.6. The van der Waals surface area contributed by atoms with E-state index in [4.69, 9.17) is 0 Å². The molecule has 0 aliphatic carbocycles. The summed E-state index contributed by atoms with van der Waals surface area (Å²) in [6, 6.07) is 13.0. The van der Waals surface area contributed by atoms with E-state index in [9.17, 15) is 14.4 Å². The predicted octanol–water partition coefficient (Wildman–Crippen LogP) is 3.39. The number of hydrogen-bond donors (Lipinski definition) is 1. The van der Waals surface area contributed by atoms with E-state index in [1.165, 1.54) is 5.56 Å². The summed E-state index contributed by atoms with van der Waals surface area (Å²) in [7, 11) is 0. The van der Waals surface area contributed by atoms with Crippen LogP contribution in [0.3, 0.4) is 0 Å². The second-order valence-corrected chi connectivity index (χ2v) is 8.42. The lowest BCUT2D eigenvalue weighted by atomic mass is 10.0. The summed E-state index contributed by atoms with van der Waals surface area (Å²) in [5.74, 6) is -0.187. The highest BCUT2D eigenvalue weighted by atomic mass is 16.2. The molecule has 6 heteroatoms. The molecule has 2 heterocycles. The van der Waals surface area contributed by atoms with Crippen molar-refractivity contribution in [3.05, 3.63) is 53.6 Å². The van der Waals surface area contributed by atoms with Gasteiger partial charge in [0, 0.05) is 37.8 Å². The first-order valence-corrected chi connectivity index (χ1v) is 11.0. The van der Waals surface area contributed by atoms with Gasteiger partial charge in [-0.3, -0.25) is 14.4 Å². The third-order valence-electron chi connectivity index (χ3n) is 6.22. The maximum Gasteiger partial charge on any atom is 0.251 e. The molecule has 2 aliphatic rings. The summed E-state index contributed by atoms with van der Waals surface area (Å²) in [6.07, 6.45) is 4.08. The highest BCUT2D eigenvalue weighted by molar-refractivity contribution is 5.98. The van der Waals surface area contributed by atoms with Crippen LogP contribution in [0.1, 0.15) is 49.0 Å². The monoisotopic (exact) mass is 419 g/mol. The normalized spacial score (nSPS) is 16.6. The Labute approximate surface area is 183 Å². The lowest BCUT2D eigenvalue weighted by molar-refractivity contribution is -0.133. The largest absolute Gasteiger partial charge is 0.341 e. The SMILES string of the molecule is CC(=O)N1CCc2cc(-c3ccc(C(=O)N[C@H](C)C(=O)N4CCCCC4)cc3)ccc21. The van der Waals surface area contributed by atoms with Crippen LogP contribution >= 0.6 is 0 Å². The summed E-state index contributed by atoms with van der Waals surface area (Å²) in [4.78, 5) is 40.6. The molecule has 31 heavy (non-hydrogen) atoms. The van der Waals surface area contributed by atoms with E-state index in [0.29, 0.717) is 5.56 Å². The van der Waals surface area contributed by atoms with E-state index in [1.807, 2.05) is 29.2 Å². The van der Waals surface area contributed by atoms with Crippen molar-refractivity contribution < 1.29 is 14.4 Å². The van der Waals surface area contributed by atoms with Gasteiger partial charge in [0.2, 0.25) is 11.8 Å². The number of piperidine rings is 1. The van der Waals surface area contributed by atoms with E-state index < -0.39 is 6.04 Å². The molecule has 0 bridgehead atoms. The molecule has 1 saturated heterocycles. The van der Waals surface area contributed by atoms with Gasteiger partial charge in [-0.2, -0.15) is 0 Å². The summed E-state index contributed by atoms with van der Waals surface area (Å²) in [5, 5.41) is 2.83. The first-order valence-electron chi connectivity index (χ1n) is 11.0. The van der Waals surface area contributed by atoms with Gasteiger partial charge in [-0.05, 0) is 73.6 Å². The number of anilines is 1. The number of fused-ring (bicyclic) bond motifs is 1. The molecule has 2 aliphatic heterocycles. The molecule has 0 spiro atoms. The highest BCUT2D eigenvalue weighted by Crippen LogP contribution is 2.32. The van der Waals surface area contributed by atoms with E-state index in [2.05, 4.69) is 11.4 Å². The molecule has 2 aromatic rings. The minimum atomic E-state index is -0.536. The molecule has 6 nitrogen and oxygen atoms in total. The van der Waals surface area contributed by atoms with Crippen molar-refractivity contribution in [3.63, 3.8) is 0 Å². The van der Waals surface area contributed by atoms with Gasteiger partial charge in [0.05, 0.1) is 0 Å². The zero-order valence-corrected chi connectivity index (χ0v) is 18.2. The number of hydrogen-bond acceptors (Lipinski definition) is 3. The highest BCUT2D eigenvalue weighted by Gasteiger charge is 2.24. The topological polar surface area (TPSA) is 69.7 Å². The zero-order valence-electron chi connectivity index (χ0n) is 18.2. The minimum Gasteiger partial charge on any atom is -0.341 e. The van der Waals surface area contributed by atoms with Crippen molar-refractivity contribution in [1.29, 1.82) is 0 Å². The standard InChI is InChI=1S/C25H29N3O3/c1-17(25(31)27-13-4-3-5-14-27)26-24(30)20-8-6-19(7-9-20)21-10-11-23-22(16-21)12-15-28(23)18(2)29/h6-11,16-17H,3-5,12-15H2,1-2H3,(H,26,30)/t17-/m1/s1. The van der Waals surface area contributed by atoms with Crippen molar-refractivity contribution in [1.82, 2.24) is 10.2 Å². The van der Waals surface area contributed by atoms with E-state index in [-0.39, 0.29) is 17.7 Å². The van der Waals surface area contributed by atoms with Gasteiger partial charge in [-0.15, -0.1) is 0 Å². The number of rotatable bonds is 4. The average Bonchev–Trinajstić information content (AvgIpc) is 3.23. The average molecular weight is 420 g/mol. The van der Waals surface area contributed by atoms with Crippen molar-refractivity contribution in [2.24, 2.45) is 0 Å². The minimum absolute atomic E-state index is 0.0117. The first kappa shape index (κ1) is 21.1. The van der Waals surface area contributed by atoms with Crippen molar-refractivity contribution >= 4 is 23.4 Å². The Bertz CT molecular complexity index is 994. The number of carbonyl (C=O) groups is 3. The molecule has 1 fully saturated rings. The Kier molecular flexibility index (Phi) is 6.07. The number of nitrogens with zero attached hydrogens (tertiary/aromatic N) is 2. The van der Waals surface area contributed by atoms with Crippen LogP contribution in [-0.4, -0.2) is 48.3 Å². The van der Waals surface area contributed by atoms with Gasteiger partial charge in [0.25, 0.3) is 5.91 Å². The Balaban J connectivity index is 1.42. The third kappa shape index (κ3) is 4.48. The summed E-state index contributed by atoms with van der Waals surface area (Å²) >= 11 is 0. The number of nitrogens with one attached hydrogen (secondary N) is 1. The molecule has 162 valence electrons. The summed E-state index contributed by atoms with van der Waals surface area (Å²) in [6.45, 7) is 5.62. The lowest BCUT2D eigenvalue weighted by Gasteiger charge is -2.29. The zero-order chi connectivity index (χ0) is 22.0. The van der Waals surface area contributed by atoms with Crippen LogP contribution in [0, 0.1) is 0 Å². The second kappa shape index (κ2) is 8.92. The van der Waals surface area contributed by atoms with Gasteiger partial charge < -0.3 is 15.1 Å². The van der Waals surface area contributed by atoms with Crippen LogP contribution in [0.15, 0.2) is 42.5 Å². The molecule has 2 aromatic carbocycles. The van der Waals surface area contributed by atoms with Gasteiger partial charge in [-0.1, -0.05) is 18.2 Å². The van der Waals surface area contributed by atoms with Crippen molar-refractivity contribution in [3.8, 4) is 11.1 Å². The predicted molar refractivity (Wildman–Crippen MR) is 121 cm³/mol. The van der Waals surface area contributed by atoms with Crippen molar-refractivity contribution in [2.45, 2.75) is 45.6 Å². The molecule has 0 aromatic heterocycles. The number of amides is 3. The fourth-order valence-electron chi connectivity index (χ4n) is 4.45. The lowest BCUT2D eigenvalue weighted by Crippen LogP contribution is -2.48. The third-order valence-corrected chi connectivity index (χ3v) is 6.22. The fourth-order valence-corrected chi connectivity index (χ4v) is 4.45. The molecule has 1 N–H and O–H groups in total. The van der Waals surface area contributed by atoms with Crippen LogP contribution < -0.4 is 10.2 Å². The maximum absolute atomic E-state index is 12.6. The van der Waals surface area contributed by atoms with Gasteiger partial charge >= 0.3 is 0 Å². The fraction of sp³-hybridized carbons (Fsp3) is 0.400. The van der Waals surface area contributed by atoms with E-state index in [1.54, 1.807) is 30.9 Å². The quantitative estimate of drug-likeness (QED) is 0.826. The van der Waals surface area contributed by atoms with E-state index >= 15 is 0 Å². The van der Waals surface area contributed by atoms with Crippen LogP contribution in [-0.2, 0) is 16.0 Å². The number of carbonyl (C=O) groups excluding carboxylic acids is 3. The molecular formula is C25H29N3O3. The molecule has 3 amide bonds. The Morgan fingerprint density at radius 1 is 0.903 bits per heavy atom. The smallest absolute Gasteiger partial charge is 0.251 e. The first-order chi connectivity index (χ1) is 14.9. The van der Waals surface area contributed by atoms with Crippen LogP contribution in [0.5, 0.6) is 0 Å². The molecule has 4 rings (SSSR count). The molecular weight excluding hydrogens is 390 g/mol. The molecule has 0 unspecified atom stereocenters. The molecule has 1 atom stereocenters. The van der Waals surface area contributed by atoms with E-state index in [0.717, 1.165) is 62.1 Å². The van der Waals surface area contributed by atoms with Crippen LogP contribution in [0.25, 0.3) is 11.1 Å². The number of benzene rings is 2. The molecule has 0 radical (unpaired) electrons. The van der Waals surface area contributed by atoms with Gasteiger partial charge in [0.1, 0.15) is 6.04 Å². The molecule has 0 saturated carbocycles. The van der Waals surface area contributed by atoms with Gasteiger partial charge in [0.15, 0.2) is 0 Å². The Morgan fingerprint density at radius 2 is 1.58 bits per heavy atom. The summed E-state index contributed by atoms with van der Waals surface area (Å²) < 4.78 is 0. The second-order valence-electron chi connectivity index (χ2n) is 8.42. The Hall–Kier alpha value is -3.15.